The Hall–Kier alpha value is -2.38. The Morgan fingerprint density at radius 1 is 1.18 bits per heavy atom. The summed E-state index contributed by atoms with van der Waals surface area (Å²) in [5, 5.41) is 1.26. The van der Waals surface area contributed by atoms with Crippen molar-refractivity contribution in [3.05, 3.63) is 62.8 Å². The number of fused-ring (bicyclic) bond motifs is 1. The molecular weight excluding hydrogens is 418 g/mol. The van der Waals surface area contributed by atoms with Gasteiger partial charge in [-0.05, 0) is 42.3 Å². The van der Waals surface area contributed by atoms with E-state index in [4.69, 9.17) is 27.9 Å². The Morgan fingerprint density at radius 3 is 2.54 bits per heavy atom. The second-order valence-electron chi connectivity index (χ2n) is 6.10. The van der Waals surface area contributed by atoms with Crippen molar-refractivity contribution in [1.82, 2.24) is 4.98 Å². The molecule has 2 aromatic carbocycles. The van der Waals surface area contributed by atoms with Crippen LogP contribution in [0.4, 0.5) is 13.2 Å². The predicted molar refractivity (Wildman–Crippen MR) is 100 cm³/mol. The highest BCUT2D eigenvalue weighted by atomic mass is 35.5. The van der Waals surface area contributed by atoms with Crippen LogP contribution in [0.1, 0.15) is 27.2 Å². The minimum atomic E-state index is -4.77. The Kier molecular flexibility index (Phi) is 5.50. The zero-order valence-corrected chi connectivity index (χ0v) is 16.2. The Labute approximate surface area is 168 Å². The number of halogens is 5. The number of benzene rings is 2. The first kappa shape index (κ1) is 20.4. The number of carbonyl (C=O) groups excluding carboxylic acids is 1. The molecule has 0 atom stereocenters. The van der Waals surface area contributed by atoms with Crippen LogP contribution < -0.4 is 4.74 Å². The molecule has 4 nitrogen and oxygen atoms in total. The van der Waals surface area contributed by atoms with Gasteiger partial charge in [-0.2, -0.15) is 0 Å². The fourth-order valence-corrected chi connectivity index (χ4v) is 3.53. The lowest BCUT2D eigenvalue weighted by atomic mass is 10.1. The van der Waals surface area contributed by atoms with Gasteiger partial charge in [0.2, 0.25) is 0 Å². The molecule has 0 fully saturated rings. The average molecular weight is 432 g/mol. The zero-order valence-electron chi connectivity index (χ0n) is 14.7. The van der Waals surface area contributed by atoms with Crippen LogP contribution in [0, 0.1) is 6.92 Å². The molecule has 3 aromatic rings. The van der Waals surface area contributed by atoms with E-state index >= 15 is 0 Å². The fraction of sp³-hybridized carbons (Fsp3) is 0.211. The van der Waals surface area contributed by atoms with Crippen LogP contribution in [0.2, 0.25) is 10.0 Å². The fourth-order valence-electron chi connectivity index (χ4n) is 2.95. The van der Waals surface area contributed by atoms with E-state index in [1.54, 1.807) is 13.0 Å². The predicted octanol–water partition coefficient (Wildman–Crippen LogP) is 6.06. The third-order valence-corrected chi connectivity index (χ3v) is 4.95. The maximum atomic E-state index is 12.5. The molecule has 0 spiro atoms. The number of hydrogen-bond donors (Lipinski definition) is 1. The van der Waals surface area contributed by atoms with Crippen molar-refractivity contribution in [3.63, 3.8) is 0 Å². The second-order valence-corrected chi connectivity index (χ2v) is 6.88. The number of ether oxygens (including phenoxy) is 2. The van der Waals surface area contributed by atoms with Crippen molar-refractivity contribution in [2.24, 2.45) is 0 Å². The normalized spacial score (nSPS) is 11.7. The molecule has 3 rings (SSSR count). The number of methoxy groups -OCH3 is 1. The number of aryl methyl sites for hydroxylation is 1. The number of hydrogen-bond acceptors (Lipinski definition) is 3. The molecule has 0 unspecified atom stereocenters. The minimum Gasteiger partial charge on any atom is -0.465 e. The van der Waals surface area contributed by atoms with Crippen molar-refractivity contribution < 1.29 is 27.4 Å². The highest BCUT2D eigenvalue weighted by Crippen LogP contribution is 2.33. The number of nitrogens with one attached hydrogen (secondary N) is 1. The first-order chi connectivity index (χ1) is 13.1. The summed E-state index contributed by atoms with van der Waals surface area (Å²) in [7, 11) is 1.24. The first-order valence-electron chi connectivity index (χ1n) is 8.02. The number of esters is 1. The molecule has 0 radical (unpaired) electrons. The lowest BCUT2D eigenvalue weighted by Gasteiger charge is -2.10. The topological polar surface area (TPSA) is 51.3 Å². The number of aromatic nitrogens is 1. The zero-order chi connectivity index (χ0) is 20.6. The highest BCUT2D eigenvalue weighted by molar-refractivity contribution is 6.38. The van der Waals surface area contributed by atoms with E-state index in [9.17, 15) is 18.0 Å². The third-order valence-electron chi connectivity index (χ3n) is 4.17. The van der Waals surface area contributed by atoms with Gasteiger partial charge < -0.3 is 14.5 Å². The first-order valence-corrected chi connectivity index (χ1v) is 8.78. The van der Waals surface area contributed by atoms with E-state index in [1.807, 2.05) is 0 Å². The van der Waals surface area contributed by atoms with Gasteiger partial charge in [-0.15, -0.1) is 13.2 Å². The summed E-state index contributed by atoms with van der Waals surface area (Å²) in [6.07, 6.45) is -4.53. The van der Waals surface area contributed by atoms with Crippen LogP contribution >= 0.6 is 23.2 Å². The maximum Gasteiger partial charge on any atom is 0.573 e. The summed E-state index contributed by atoms with van der Waals surface area (Å²) in [5.74, 6) is -0.904. The van der Waals surface area contributed by atoms with E-state index in [2.05, 4.69) is 9.72 Å². The molecule has 0 aliphatic carbocycles. The van der Waals surface area contributed by atoms with E-state index in [0.717, 1.165) is 5.39 Å². The van der Waals surface area contributed by atoms with Gasteiger partial charge in [0, 0.05) is 34.1 Å². The van der Waals surface area contributed by atoms with Gasteiger partial charge in [0.15, 0.2) is 0 Å². The van der Waals surface area contributed by atoms with Gasteiger partial charge in [0.1, 0.15) is 5.75 Å². The lowest BCUT2D eigenvalue weighted by molar-refractivity contribution is -0.274. The molecule has 28 heavy (non-hydrogen) atoms. The van der Waals surface area contributed by atoms with Crippen molar-refractivity contribution in [3.8, 4) is 5.75 Å². The van der Waals surface area contributed by atoms with Crippen LogP contribution in [0.3, 0.4) is 0 Å². The summed E-state index contributed by atoms with van der Waals surface area (Å²) < 4.78 is 46.2. The van der Waals surface area contributed by atoms with Crippen molar-refractivity contribution >= 4 is 40.1 Å². The molecule has 0 aliphatic heterocycles. The number of carbonyl (C=O) groups is 1. The largest absolute Gasteiger partial charge is 0.573 e. The van der Waals surface area contributed by atoms with Crippen molar-refractivity contribution in [2.75, 3.05) is 7.11 Å². The summed E-state index contributed by atoms with van der Waals surface area (Å²) in [4.78, 5) is 14.9. The van der Waals surface area contributed by atoms with E-state index in [0.29, 0.717) is 27.4 Å². The molecule has 0 amide bonds. The SMILES string of the molecule is COC(=O)c1ccc(Cl)c(Cc2cc3c(C)cc(OC(F)(F)F)cc3[nH]2)c1Cl. The van der Waals surface area contributed by atoms with E-state index in [-0.39, 0.29) is 22.8 Å². The summed E-state index contributed by atoms with van der Waals surface area (Å²) in [6, 6.07) is 7.38. The quantitative estimate of drug-likeness (QED) is 0.510. The third kappa shape index (κ3) is 4.20. The van der Waals surface area contributed by atoms with Crippen LogP contribution in [0.15, 0.2) is 30.3 Å². The number of H-pyrrole nitrogens is 1. The number of alkyl halides is 3. The maximum absolute atomic E-state index is 12.5. The second kappa shape index (κ2) is 7.56. The average Bonchev–Trinajstić information content (AvgIpc) is 2.99. The Morgan fingerprint density at radius 2 is 1.89 bits per heavy atom. The smallest absolute Gasteiger partial charge is 0.465 e. The molecule has 0 aliphatic rings. The summed E-state index contributed by atoms with van der Waals surface area (Å²) in [5.41, 5.74) is 2.43. The molecule has 1 N–H and O–H groups in total. The van der Waals surface area contributed by atoms with Gasteiger partial charge in [0.25, 0.3) is 0 Å². The van der Waals surface area contributed by atoms with Crippen LogP contribution in [0.5, 0.6) is 5.75 Å². The van der Waals surface area contributed by atoms with Crippen LogP contribution in [-0.4, -0.2) is 24.4 Å². The van der Waals surface area contributed by atoms with Crippen molar-refractivity contribution in [1.29, 1.82) is 0 Å². The molecule has 0 saturated carbocycles. The monoisotopic (exact) mass is 431 g/mol. The molecule has 0 saturated heterocycles. The van der Waals surface area contributed by atoms with Gasteiger partial charge in [0.05, 0.1) is 17.7 Å². The lowest BCUT2D eigenvalue weighted by Crippen LogP contribution is -2.17. The molecule has 1 aromatic heterocycles. The molecule has 1 heterocycles. The highest BCUT2D eigenvalue weighted by Gasteiger charge is 2.31. The van der Waals surface area contributed by atoms with Gasteiger partial charge in [-0.3, -0.25) is 0 Å². The van der Waals surface area contributed by atoms with Crippen LogP contribution in [-0.2, 0) is 11.2 Å². The number of rotatable bonds is 4. The molecule has 9 heteroatoms. The Bertz CT molecular complexity index is 1060. The number of aromatic amines is 1. The van der Waals surface area contributed by atoms with Gasteiger partial charge in [-0.25, -0.2) is 4.79 Å². The summed E-state index contributed by atoms with van der Waals surface area (Å²) >= 11 is 12.6. The molecular formula is C19H14Cl2F3NO3. The van der Waals surface area contributed by atoms with Crippen LogP contribution in [0.25, 0.3) is 10.9 Å². The minimum absolute atomic E-state index is 0.163. The molecule has 0 bridgehead atoms. The molecule has 148 valence electrons. The van der Waals surface area contributed by atoms with Gasteiger partial charge >= 0.3 is 12.3 Å². The Balaban J connectivity index is 2.00. The van der Waals surface area contributed by atoms with Crippen molar-refractivity contribution in [2.45, 2.75) is 19.7 Å². The van der Waals surface area contributed by atoms with Gasteiger partial charge in [-0.1, -0.05) is 23.2 Å². The summed E-state index contributed by atoms with van der Waals surface area (Å²) in [6.45, 7) is 1.68. The van der Waals surface area contributed by atoms with E-state index in [1.165, 1.54) is 31.4 Å². The van der Waals surface area contributed by atoms with E-state index < -0.39 is 12.3 Å². The standard InChI is InChI=1S/C19H14Cl2F3NO3/c1-9-5-11(28-19(22,23)24)8-16-13(9)6-10(25-16)7-14-15(20)4-3-12(17(14)21)18(26)27-2/h3-6,8,25H,7H2,1-2H3.